The fraction of sp³-hybridized carbons (Fsp3) is 0.583. The monoisotopic (exact) mass is 258 g/mol. The van der Waals surface area contributed by atoms with Crippen LogP contribution in [0.15, 0.2) is 23.4 Å². The highest BCUT2D eigenvalue weighted by atomic mass is 35.5. The van der Waals surface area contributed by atoms with E-state index in [-0.39, 0.29) is 0 Å². The summed E-state index contributed by atoms with van der Waals surface area (Å²) in [6, 6.07) is 4.44. The Labute approximate surface area is 107 Å². The molecule has 2 nitrogen and oxygen atoms in total. The summed E-state index contributed by atoms with van der Waals surface area (Å²) in [6.45, 7) is 5.39. The van der Waals surface area contributed by atoms with Gasteiger partial charge in [-0.15, -0.1) is 11.8 Å². The molecule has 1 aromatic rings. The molecule has 1 N–H and O–H groups in total. The third-order valence-electron chi connectivity index (χ3n) is 2.26. The van der Waals surface area contributed by atoms with E-state index < -0.39 is 0 Å². The second-order valence-corrected chi connectivity index (χ2v) is 5.15. The van der Waals surface area contributed by atoms with Crippen LogP contribution in [-0.4, -0.2) is 23.3 Å². The van der Waals surface area contributed by atoms with Gasteiger partial charge in [-0.3, -0.25) is 0 Å². The van der Waals surface area contributed by atoms with Gasteiger partial charge in [-0.2, -0.15) is 0 Å². The number of nitrogens with one attached hydrogen (secondary N) is 1. The van der Waals surface area contributed by atoms with E-state index in [2.05, 4.69) is 24.1 Å². The number of halogens is 1. The second kappa shape index (κ2) is 7.93. The Kier molecular flexibility index (Phi) is 6.85. The van der Waals surface area contributed by atoms with Crippen molar-refractivity contribution >= 4 is 23.4 Å². The standard InChI is InChI=1S/C12H19ClN2S/c1-3-5-11(14-4-2)9-16-12-7-6-10(13)8-15-12/h6-8,11,14H,3-5,9H2,1-2H3. The topological polar surface area (TPSA) is 24.9 Å². The van der Waals surface area contributed by atoms with Gasteiger partial charge in [0.1, 0.15) is 0 Å². The van der Waals surface area contributed by atoms with Crippen LogP contribution in [-0.2, 0) is 0 Å². The summed E-state index contributed by atoms with van der Waals surface area (Å²) in [5, 5.41) is 5.23. The second-order valence-electron chi connectivity index (χ2n) is 3.67. The minimum atomic E-state index is 0.581. The van der Waals surface area contributed by atoms with Crippen LogP contribution in [0.4, 0.5) is 0 Å². The van der Waals surface area contributed by atoms with Gasteiger partial charge < -0.3 is 5.32 Å². The smallest absolute Gasteiger partial charge is 0.0961 e. The van der Waals surface area contributed by atoms with Gasteiger partial charge in [0.25, 0.3) is 0 Å². The maximum Gasteiger partial charge on any atom is 0.0961 e. The Hall–Kier alpha value is -0.250. The van der Waals surface area contributed by atoms with Crippen LogP contribution in [0, 0.1) is 0 Å². The Morgan fingerprint density at radius 2 is 2.25 bits per heavy atom. The van der Waals surface area contributed by atoms with E-state index in [0.717, 1.165) is 17.3 Å². The summed E-state index contributed by atoms with van der Waals surface area (Å²) in [7, 11) is 0. The van der Waals surface area contributed by atoms with E-state index in [0.29, 0.717) is 11.1 Å². The molecule has 0 saturated carbocycles. The minimum absolute atomic E-state index is 0.581. The molecule has 1 unspecified atom stereocenters. The number of rotatable bonds is 7. The molecular weight excluding hydrogens is 240 g/mol. The van der Waals surface area contributed by atoms with Crippen molar-refractivity contribution < 1.29 is 0 Å². The molecule has 1 heterocycles. The van der Waals surface area contributed by atoms with Crippen molar-refractivity contribution in [3.8, 4) is 0 Å². The van der Waals surface area contributed by atoms with Crippen LogP contribution in [0.25, 0.3) is 0 Å². The fourth-order valence-corrected chi connectivity index (χ4v) is 2.57. The van der Waals surface area contributed by atoms with E-state index in [1.165, 1.54) is 12.8 Å². The lowest BCUT2D eigenvalue weighted by molar-refractivity contribution is 0.531. The van der Waals surface area contributed by atoms with Crippen molar-refractivity contribution in [2.45, 2.75) is 37.8 Å². The fourth-order valence-electron chi connectivity index (χ4n) is 1.52. The lowest BCUT2D eigenvalue weighted by atomic mass is 10.2. The van der Waals surface area contributed by atoms with Crippen LogP contribution in [0.5, 0.6) is 0 Å². The van der Waals surface area contributed by atoms with Crippen molar-refractivity contribution in [1.82, 2.24) is 10.3 Å². The van der Waals surface area contributed by atoms with Crippen molar-refractivity contribution in [3.05, 3.63) is 23.4 Å². The number of pyridine rings is 1. The number of thioether (sulfide) groups is 1. The largest absolute Gasteiger partial charge is 0.313 e. The van der Waals surface area contributed by atoms with Gasteiger partial charge in [-0.25, -0.2) is 4.98 Å². The van der Waals surface area contributed by atoms with Crippen molar-refractivity contribution in [1.29, 1.82) is 0 Å². The molecule has 0 fully saturated rings. The van der Waals surface area contributed by atoms with Gasteiger partial charge >= 0.3 is 0 Å². The Bertz CT molecular complexity index is 284. The maximum absolute atomic E-state index is 5.79. The predicted molar refractivity (Wildman–Crippen MR) is 72.3 cm³/mol. The van der Waals surface area contributed by atoms with Crippen molar-refractivity contribution in [3.63, 3.8) is 0 Å². The number of hydrogen-bond acceptors (Lipinski definition) is 3. The molecule has 0 amide bonds. The van der Waals surface area contributed by atoms with Crippen LogP contribution in [0.1, 0.15) is 26.7 Å². The zero-order valence-electron chi connectivity index (χ0n) is 9.87. The first-order chi connectivity index (χ1) is 7.76. The molecule has 1 aromatic heterocycles. The summed E-state index contributed by atoms with van der Waals surface area (Å²) < 4.78 is 0. The quantitative estimate of drug-likeness (QED) is 0.757. The van der Waals surface area contributed by atoms with Crippen LogP contribution >= 0.6 is 23.4 Å². The van der Waals surface area contributed by atoms with E-state index in [1.807, 2.05) is 12.1 Å². The predicted octanol–water partition coefficient (Wildman–Crippen LogP) is 3.61. The highest BCUT2D eigenvalue weighted by molar-refractivity contribution is 7.99. The number of hydrogen-bond donors (Lipinski definition) is 1. The Balaban J connectivity index is 2.38. The third-order valence-corrected chi connectivity index (χ3v) is 3.59. The summed E-state index contributed by atoms with van der Waals surface area (Å²) >= 11 is 7.57. The van der Waals surface area contributed by atoms with Crippen LogP contribution in [0.3, 0.4) is 0 Å². The van der Waals surface area contributed by atoms with E-state index in [4.69, 9.17) is 11.6 Å². The minimum Gasteiger partial charge on any atom is -0.313 e. The molecule has 90 valence electrons. The summed E-state index contributed by atoms with van der Waals surface area (Å²) in [4.78, 5) is 4.27. The van der Waals surface area contributed by atoms with E-state index >= 15 is 0 Å². The summed E-state index contributed by atoms with van der Waals surface area (Å²) in [5.41, 5.74) is 0. The average molecular weight is 259 g/mol. The molecule has 0 bridgehead atoms. The molecule has 1 atom stereocenters. The van der Waals surface area contributed by atoms with Crippen LogP contribution in [0.2, 0.25) is 5.02 Å². The van der Waals surface area contributed by atoms with Crippen LogP contribution < -0.4 is 5.32 Å². The zero-order valence-corrected chi connectivity index (χ0v) is 11.4. The Morgan fingerprint density at radius 1 is 1.44 bits per heavy atom. The molecule has 0 aliphatic carbocycles. The summed E-state index contributed by atoms with van der Waals surface area (Å²) in [5.74, 6) is 1.07. The van der Waals surface area contributed by atoms with Gasteiger partial charge in [0.05, 0.1) is 10.0 Å². The first-order valence-corrected chi connectivity index (χ1v) is 7.10. The van der Waals surface area contributed by atoms with Crippen molar-refractivity contribution in [2.24, 2.45) is 0 Å². The van der Waals surface area contributed by atoms with Gasteiger partial charge in [0, 0.05) is 18.0 Å². The third kappa shape index (κ3) is 5.19. The zero-order chi connectivity index (χ0) is 11.8. The molecule has 4 heteroatoms. The molecule has 0 aliphatic heterocycles. The number of nitrogens with zero attached hydrogens (tertiary/aromatic N) is 1. The average Bonchev–Trinajstić information content (AvgIpc) is 2.29. The molecule has 1 rings (SSSR count). The molecule has 0 saturated heterocycles. The molecule has 16 heavy (non-hydrogen) atoms. The first-order valence-electron chi connectivity index (χ1n) is 5.74. The van der Waals surface area contributed by atoms with E-state index in [1.54, 1.807) is 18.0 Å². The summed E-state index contributed by atoms with van der Waals surface area (Å²) in [6.07, 6.45) is 4.13. The van der Waals surface area contributed by atoms with Gasteiger partial charge in [-0.05, 0) is 25.1 Å². The molecular formula is C12H19ClN2S. The van der Waals surface area contributed by atoms with E-state index in [9.17, 15) is 0 Å². The van der Waals surface area contributed by atoms with Crippen molar-refractivity contribution in [2.75, 3.05) is 12.3 Å². The molecule has 0 aromatic carbocycles. The van der Waals surface area contributed by atoms with Gasteiger partial charge in [0.15, 0.2) is 0 Å². The molecule has 0 aliphatic rings. The molecule has 0 spiro atoms. The Morgan fingerprint density at radius 3 is 2.81 bits per heavy atom. The highest BCUT2D eigenvalue weighted by Crippen LogP contribution is 2.19. The SMILES string of the molecule is CCCC(CSc1ccc(Cl)cn1)NCC. The van der Waals surface area contributed by atoms with Gasteiger partial charge in [-0.1, -0.05) is 31.9 Å². The maximum atomic E-state index is 5.79. The highest BCUT2D eigenvalue weighted by Gasteiger charge is 2.06. The molecule has 0 radical (unpaired) electrons. The lowest BCUT2D eigenvalue weighted by Gasteiger charge is -2.16. The number of aromatic nitrogens is 1. The normalized spacial score (nSPS) is 12.7. The lowest BCUT2D eigenvalue weighted by Crippen LogP contribution is -2.30. The first kappa shape index (κ1) is 13.8. The van der Waals surface area contributed by atoms with Gasteiger partial charge in [0.2, 0.25) is 0 Å².